The zero-order valence-corrected chi connectivity index (χ0v) is 22.6. The molecule has 10 nitrogen and oxygen atoms in total. The molecule has 0 aliphatic heterocycles. The zero-order chi connectivity index (χ0) is 28.9. The zero-order valence-electron chi connectivity index (χ0n) is 22.6. The standard InChI is InChI=1S/C31H25FN8O2/c1-42-20-29(41)35-27-18-28(40(22-10-14-33-15-11-22)23-12-16-34-17-13-23)37-31(36-27)30-24-7-3-5-9-26(24)39(38-30)19-21-6-2-4-8-25(21)32/h2-18H,19-20H2,1H3,(H,35,36,37,41). The van der Waals surface area contributed by atoms with Gasteiger partial charge in [0.2, 0.25) is 0 Å². The van der Waals surface area contributed by atoms with E-state index in [0.29, 0.717) is 17.1 Å². The molecule has 0 aliphatic carbocycles. The summed E-state index contributed by atoms with van der Waals surface area (Å²) in [6.07, 6.45) is 6.74. The number of fused-ring (bicyclic) bond motifs is 1. The molecule has 4 aromatic heterocycles. The van der Waals surface area contributed by atoms with Crippen LogP contribution < -0.4 is 10.2 Å². The average Bonchev–Trinajstić information content (AvgIpc) is 3.38. The molecule has 6 rings (SSSR count). The summed E-state index contributed by atoms with van der Waals surface area (Å²) in [7, 11) is 1.44. The Bertz CT molecular complexity index is 1810. The van der Waals surface area contributed by atoms with Crippen LogP contribution in [0.4, 0.5) is 27.4 Å². The second-order valence-corrected chi connectivity index (χ2v) is 9.28. The first-order chi connectivity index (χ1) is 20.6. The molecule has 0 spiro atoms. The van der Waals surface area contributed by atoms with Crippen LogP contribution in [0.25, 0.3) is 22.4 Å². The molecular weight excluding hydrogens is 535 g/mol. The molecule has 0 saturated heterocycles. The number of carbonyl (C=O) groups is 1. The number of pyridine rings is 2. The lowest BCUT2D eigenvalue weighted by molar-refractivity contribution is -0.119. The summed E-state index contributed by atoms with van der Waals surface area (Å²) in [6, 6.07) is 23.3. The number of halogens is 1. The van der Waals surface area contributed by atoms with Gasteiger partial charge in [0, 0.05) is 48.9 Å². The molecule has 0 unspecified atom stereocenters. The van der Waals surface area contributed by atoms with Gasteiger partial charge in [-0.3, -0.25) is 24.3 Å². The summed E-state index contributed by atoms with van der Waals surface area (Å²) in [5.41, 5.74) is 3.33. The van der Waals surface area contributed by atoms with Crippen molar-refractivity contribution >= 4 is 39.8 Å². The minimum Gasteiger partial charge on any atom is -0.375 e. The fraction of sp³-hybridized carbons (Fsp3) is 0.0968. The maximum Gasteiger partial charge on any atom is 0.251 e. The number of aromatic nitrogens is 6. The fourth-order valence-corrected chi connectivity index (χ4v) is 4.63. The maximum atomic E-state index is 14.6. The summed E-state index contributed by atoms with van der Waals surface area (Å²) in [5.74, 6) is 0.320. The number of benzene rings is 2. The van der Waals surface area contributed by atoms with E-state index in [-0.39, 0.29) is 36.5 Å². The fourth-order valence-electron chi connectivity index (χ4n) is 4.63. The van der Waals surface area contributed by atoms with Crippen LogP contribution in [-0.4, -0.2) is 49.3 Å². The Morgan fingerprint density at radius 3 is 2.26 bits per heavy atom. The second-order valence-electron chi connectivity index (χ2n) is 9.28. The van der Waals surface area contributed by atoms with E-state index in [9.17, 15) is 9.18 Å². The Kier molecular flexibility index (Phi) is 7.56. The highest BCUT2D eigenvalue weighted by Gasteiger charge is 2.21. The molecule has 6 aromatic rings. The van der Waals surface area contributed by atoms with Crippen LogP contribution in [0.15, 0.2) is 104 Å². The van der Waals surface area contributed by atoms with Crippen molar-refractivity contribution in [2.24, 2.45) is 0 Å². The van der Waals surface area contributed by atoms with Crippen LogP contribution in [0.3, 0.4) is 0 Å². The molecule has 2 aromatic carbocycles. The van der Waals surface area contributed by atoms with E-state index in [2.05, 4.69) is 20.3 Å². The molecule has 208 valence electrons. The number of amides is 1. The lowest BCUT2D eigenvalue weighted by Crippen LogP contribution is -2.19. The van der Waals surface area contributed by atoms with E-state index >= 15 is 0 Å². The Labute approximate surface area is 240 Å². The normalized spacial score (nSPS) is 11.0. The monoisotopic (exact) mass is 560 g/mol. The van der Waals surface area contributed by atoms with Crippen LogP contribution in [0.1, 0.15) is 5.56 Å². The van der Waals surface area contributed by atoms with Crippen molar-refractivity contribution in [2.75, 3.05) is 23.9 Å². The maximum absolute atomic E-state index is 14.6. The van der Waals surface area contributed by atoms with Gasteiger partial charge >= 0.3 is 0 Å². The highest BCUT2D eigenvalue weighted by atomic mass is 19.1. The van der Waals surface area contributed by atoms with Crippen molar-refractivity contribution in [1.29, 1.82) is 0 Å². The number of ether oxygens (including phenoxy) is 1. The van der Waals surface area contributed by atoms with Gasteiger partial charge in [-0.25, -0.2) is 14.4 Å². The minimum atomic E-state index is -0.373. The van der Waals surface area contributed by atoms with E-state index in [1.54, 1.807) is 53.7 Å². The Balaban J connectivity index is 1.53. The Morgan fingerprint density at radius 2 is 1.57 bits per heavy atom. The minimum absolute atomic E-state index is 0.146. The van der Waals surface area contributed by atoms with Crippen molar-refractivity contribution in [3.05, 3.63) is 115 Å². The molecule has 1 N–H and O–H groups in total. The van der Waals surface area contributed by atoms with Gasteiger partial charge in [0.05, 0.1) is 23.4 Å². The highest BCUT2D eigenvalue weighted by Crippen LogP contribution is 2.35. The van der Waals surface area contributed by atoms with Crippen LogP contribution >= 0.6 is 0 Å². The van der Waals surface area contributed by atoms with Crippen molar-refractivity contribution in [3.8, 4) is 11.5 Å². The van der Waals surface area contributed by atoms with Gasteiger partial charge in [-0.2, -0.15) is 5.10 Å². The molecular formula is C31H25FN8O2. The number of nitrogens with one attached hydrogen (secondary N) is 1. The molecule has 1 amide bonds. The molecule has 4 heterocycles. The van der Waals surface area contributed by atoms with Crippen LogP contribution in [0.2, 0.25) is 0 Å². The lowest BCUT2D eigenvalue weighted by atomic mass is 10.2. The summed E-state index contributed by atoms with van der Waals surface area (Å²) < 4.78 is 21.3. The number of nitrogens with zero attached hydrogens (tertiary/aromatic N) is 7. The smallest absolute Gasteiger partial charge is 0.251 e. The predicted molar refractivity (Wildman–Crippen MR) is 157 cm³/mol. The van der Waals surface area contributed by atoms with E-state index in [4.69, 9.17) is 14.8 Å². The number of hydrogen-bond acceptors (Lipinski definition) is 8. The highest BCUT2D eigenvalue weighted by molar-refractivity contribution is 5.94. The number of hydrogen-bond donors (Lipinski definition) is 1. The summed E-state index contributed by atoms with van der Waals surface area (Å²) in [5, 5.41) is 8.43. The number of para-hydroxylation sites is 1. The van der Waals surface area contributed by atoms with Gasteiger partial charge in [-0.05, 0) is 36.4 Å². The molecule has 0 fully saturated rings. The van der Waals surface area contributed by atoms with E-state index in [1.165, 1.54) is 13.2 Å². The Morgan fingerprint density at radius 1 is 0.905 bits per heavy atom. The number of carbonyl (C=O) groups excluding carboxylic acids is 1. The molecule has 0 saturated carbocycles. The van der Waals surface area contributed by atoms with Crippen molar-refractivity contribution in [3.63, 3.8) is 0 Å². The second kappa shape index (κ2) is 11.9. The van der Waals surface area contributed by atoms with Gasteiger partial charge in [-0.1, -0.05) is 36.4 Å². The molecule has 0 bridgehead atoms. The molecule has 0 atom stereocenters. The van der Waals surface area contributed by atoms with E-state index in [1.807, 2.05) is 53.4 Å². The largest absolute Gasteiger partial charge is 0.375 e. The van der Waals surface area contributed by atoms with Gasteiger partial charge in [0.15, 0.2) is 5.82 Å². The Hall–Kier alpha value is -5.55. The summed E-state index contributed by atoms with van der Waals surface area (Å²) >= 11 is 0. The van der Waals surface area contributed by atoms with Gasteiger partial charge in [0.1, 0.15) is 29.8 Å². The van der Waals surface area contributed by atoms with Crippen LogP contribution in [0.5, 0.6) is 0 Å². The topological polar surface area (TPSA) is 111 Å². The van der Waals surface area contributed by atoms with Gasteiger partial charge in [0.25, 0.3) is 5.91 Å². The first-order valence-electron chi connectivity index (χ1n) is 13.1. The number of rotatable bonds is 9. The van der Waals surface area contributed by atoms with Crippen LogP contribution in [0, 0.1) is 5.82 Å². The quantitative estimate of drug-likeness (QED) is 0.246. The first kappa shape index (κ1) is 26.7. The molecule has 11 heteroatoms. The third-order valence-corrected chi connectivity index (χ3v) is 6.47. The van der Waals surface area contributed by atoms with E-state index in [0.717, 1.165) is 22.3 Å². The molecule has 42 heavy (non-hydrogen) atoms. The number of anilines is 4. The van der Waals surface area contributed by atoms with Gasteiger partial charge in [-0.15, -0.1) is 0 Å². The SMILES string of the molecule is COCC(=O)Nc1cc(N(c2ccncc2)c2ccncc2)nc(-c2nn(Cc3ccccc3F)c3ccccc23)n1. The molecule has 0 radical (unpaired) electrons. The molecule has 0 aliphatic rings. The summed E-state index contributed by atoms with van der Waals surface area (Å²) in [4.78, 5) is 32.4. The predicted octanol–water partition coefficient (Wildman–Crippen LogP) is 5.53. The van der Waals surface area contributed by atoms with Crippen molar-refractivity contribution in [1.82, 2.24) is 29.7 Å². The van der Waals surface area contributed by atoms with Gasteiger partial charge < -0.3 is 10.1 Å². The van der Waals surface area contributed by atoms with Crippen molar-refractivity contribution in [2.45, 2.75) is 6.54 Å². The lowest BCUT2D eigenvalue weighted by Gasteiger charge is -2.24. The third-order valence-electron chi connectivity index (χ3n) is 6.47. The summed E-state index contributed by atoms with van der Waals surface area (Å²) in [6.45, 7) is 0.0672. The third kappa shape index (κ3) is 5.54. The van der Waals surface area contributed by atoms with Crippen molar-refractivity contribution < 1.29 is 13.9 Å². The van der Waals surface area contributed by atoms with Crippen LogP contribution in [-0.2, 0) is 16.1 Å². The average molecular weight is 561 g/mol. The van der Waals surface area contributed by atoms with E-state index < -0.39 is 0 Å². The number of methoxy groups -OCH3 is 1. The first-order valence-corrected chi connectivity index (χ1v) is 13.1.